The minimum Gasteiger partial charge on any atom is -0.493 e. The van der Waals surface area contributed by atoms with Gasteiger partial charge in [-0.15, -0.1) is 0 Å². The van der Waals surface area contributed by atoms with Crippen LogP contribution in [-0.2, 0) is 11.3 Å². The zero-order valence-corrected chi connectivity index (χ0v) is 16.7. The Morgan fingerprint density at radius 1 is 1.00 bits per heavy atom. The highest BCUT2D eigenvalue weighted by Crippen LogP contribution is 2.25. The first-order chi connectivity index (χ1) is 14.2. The van der Waals surface area contributed by atoms with Crippen LogP contribution >= 0.6 is 0 Å². The predicted molar refractivity (Wildman–Crippen MR) is 115 cm³/mol. The SMILES string of the molecule is CCN(Cc1ccccc1)c1ccc(NC(=O)COc2ccccc2OC)nc1. The van der Waals surface area contributed by atoms with Crippen molar-refractivity contribution in [1.29, 1.82) is 0 Å². The molecule has 0 aliphatic heterocycles. The van der Waals surface area contributed by atoms with Crippen molar-refractivity contribution < 1.29 is 14.3 Å². The van der Waals surface area contributed by atoms with Crippen molar-refractivity contribution in [1.82, 2.24) is 4.98 Å². The van der Waals surface area contributed by atoms with Gasteiger partial charge in [0.25, 0.3) is 5.91 Å². The molecule has 0 atom stereocenters. The molecule has 150 valence electrons. The molecule has 0 aliphatic rings. The first kappa shape index (κ1) is 20.2. The summed E-state index contributed by atoms with van der Waals surface area (Å²) >= 11 is 0. The maximum absolute atomic E-state index is 12.2. The standard InChI is InChI=1S/C23H25N3O3/c1-3-26(16-18-9-5-4-6-10-18)19-13-14-22(24-15-19)25-23(27)17-29-21-12-8-7-11-20(21)28-2/h4-15H,3,16-17H2,1-2H3,(H,24,25,27). The Morgan fingerprint density at radius 2 is 1.72 bits per heavy atom. The van der Waals surface area contributed by atoms with Crippen LogP contribution in [0.4, 0.5) is 11.5 Å². The van der Waals surface area contributed by atoms with Gasteiger partial charge in [0.15, 0.2) is 18.1 Å². The molecular formula is C23H25N3O3. The number of rotatable bonds is 9. The molecule has 0 unspecified atom stereocenters. The molecule has 1 amide bonds. The number of hydrogen-bond donors (Lipinski definition) is 1. The van der Waals surface area contributed by atoms with E-state index in [4.69, 9.17) is 9.47 Å². The molecule has 2 aromatic carbocycles. The van der Waals surface area contributed by atoms with E-state index in [0.717, 1.165) is 18.8 Å². The number of amides is 1. The number of para-hydroxylation sites is 2. The number of pyridine rings is 1. The number of nitrogens with zero attached hydrogens (tertiary/aromatic N) is 2. The second-order valence-electron chi connectivity index (χ2n) is 6.39. The van der Waals surface area contributed by atoms with Gasteiger partial charge in [0.1, 0.15) is 5.82 Å². The highest BCUT2D eigenvalue weighted by atomic mass is 16.5. The zero-order valence-electron chi connectivity index (χ0n) is 16.7. The number of hydrogen-bond acceptors (Lipinski definition) is 5. The summed E-state index contributed by atoms with van der Waals surface area (Å²) in [7, 11) is 1.56. The fourth-order valence-corrected chi connectivity index (χ4v) is 2.90. The molecule has 1 N–H and O–H groups in total. The molecule has 1 aromatic heterocycles. The lowest BCUT2D eigenvalue weighted by molar-refractivity contribution is -0.118. The molecule has 6 nitrogen and oxygen atoms in total. The number of aromatic nitrogens is 1. The van der Waals surface area contributed by atoms with E-state index in [-0.39, 0.29) is 12.5 Å². The minimum atomic E-state index is -0.284. The van der Waals surface area contributed by atoms with Crippen LogP contribution in [0.3, 0.4) is 0 Å². The van der Waals surface area contributed by atoms with Crippen LogP contribution in [0, 0.1) is 0 Å². The van der Waals surface area contributed by atoms with Gasteiger partial charge in [-0.3, -0.25) is 4.79 Å². The lowest BCUT2D eigenvalue weighted by atomic mass is 10.2. The van der Waals surface area contributed by atoms with Gasteiger partial charge < -0.3 is 19.7 Å². The monoisotopic (exact) mass is 391 g/mol. The lowest BCUT2D eigenvalue weighted by Gasteiger charge is -2.23. The minimum absolute atomic E-state index is 0.126. The molecule has 0 aliphatic carbocycles. The molecule has 0 radical (unpaired) electrons. The van der Waals surface area contributed by atoms with E-state index < -0.39 is 0 Å². The number of nitrogens with one attached hydrogen (secondary N) is 1. The van der Waals surface area contributed by atoms with Crippen LogP contribution < -0.4 is 19.7 Å². The molecule has 0 fully saturated rings. The van der Waals surface area contributed by atoms with Crippen molar-refractivity contribution in [2.75, 3.05) is 30.5 Å². The van der Waals surface area contributed by atoms with Gasteiger partial charge in [-0.2, -0.15) is 0 Å². The molecular weight excluding hydrogens is 366 g/mol. The first-order valence-corrected chi connectivity index (χ1v) is 9.50. The third-order valence-electron chi connectivity index (χ3n) is 4.41. The Bertz CT molecular complexity index is 914. The number of carbonyl (C=O) groups is 1. The maximum atomic E-state index is 12.2. The number of benzene rings is 2. The number of methoxy groups -OCH3 is 1. The Kier molecular flexibility index (Phi) is 7.05. The summed E-state index contributed by atoms with van der Waals surface area (Å²) in [5, 5.41) is 2.75. The third kappa shape index (κ3) is 5.72. The van der Waals surface area contributed by atoms with Crippen LogP contribution in [0.15, 0.2) is 72.9 Å². The molecule has 0 saturated heterocycles. The van der Waals surface area contributed by atoms with Gasteiger partial charge in [0, 0.05) is 13.1 Å². The van der Waals surface area contributed by atoms with Gasteiger partial charge in [0.05, 0.1) is 19.0 Å². The van der Waals surface area contributed by atoms with E-state index in [1.165, 1.54) is 5.56 Å². The van der Waals surface area contributed by atoms with E-state index in [9.17, 15) is 4.79 Å². The molecule has 0 saturated carbocycles. The Hall–Kier alpha value is -3.54. The Labute approximate surface area is 171 Å². The summed E-state index contributed by atoms with van der Waals surface area (Å²) in [6.07, 6.45) is 1.77. The van der Waals surface area contributed by atoms with Gasteiger partial charge in [-0.25, -0.2) is 4.98 Å². The van der Waals surface area contributed by atoms with Gasteiger partial charge in [-0.05, 0) is 36.8 Å². The van der Waals surface area contributed by atoms with Crippen LogP contribution in [0.2, 0.25) is 0 Å². The summed E-state index contributed by atoms with van der Waals surface area (Å²) in [4.78, 5) is 18.8. The second kappa shape index (κ2) is 10.1. The molecule has 3 rings (SSSR count). The fourth-order valence-electron chi connectivity index (χ4n) is 2.90. The summed E-state index contributed by atoms with van der Waals surface area (Å²) in [5.74, 6) is 1.31. The van der Waals surface area contributed by atoms with E-state index in [1.54, 1.807) is 31.5 Å². The van der Waals surface area contributed by atoms with Crippen LogP contribution in [0.1, 0.15) is 12.5 Å². The summed E-state index contributed by atoms with van der Waals surface area (Å²) < 4.78 is 10.7. The van der Waals surface area contributed by atoms with Crippen molar-refractivity contribution >= 4 is 17.4 Å². The molecule has 0 spiro atoms. The first-order valence-electron chi connectivity index (χ1n) is 9.50. The van der Waals surface area contributed by atoms with Crippen LogP contribution in [0.25, 0.3) is 0 Å². The average Bonchev–Trinajstić information content (AvgIpc) is 2.77. The van der Waals surface area contributed by atoms with Crippen molar-refractivity contribution in [2.24, 2.45) is 0 Å². The molecule has 6 heteroatoms. The normalized spacial score (nSPS) is 10.3. The van der Waals surface area contributed by atoms with E-state index in [0.29, 0.717) is 17.3 Å². The Balaban J connectivity index is 1.56. The third-order valence-corrected chi connectivity index (χ3v) is 4.41. The molecule has 3 aromatic rings. The van der Waals surface area contributed by atoms with Gasteiger partial charge >= 0.3 is 0 Å². The Morgan fingerprint density at radius 3 is 2.38 bits per heavy atom. The van der Waals surface area contributed by atoms with Crippen molar-refractivity contribution in [3.63, 3.8) is 0 Å². The summed E-state index contributed by atoms with van der Waals surface area (Å²) in [6.45, 7) is 3.64. The van der Waals surface area contributed by atoms with Crippen molar-refractivity contribution in [3.8, 4) is 11.5 Å². The van der Waals surface area contributed by atoms with E-state index in [1.807, 2.05) is 36.4 Å². The largest absolute Gasteiger partial charge is 0.493 e. The smallest absolute Gasteiger partial charge is 0.263 e. The number of carbonyl (C=O) groups excluding carboxylic acids is 1. The van der Waals surface area contributed by atoms with Crippen molar-refractivity contribution in [3.05, 3.63) is 78.5 Å². The summed E-state index contributed by atoms with van der Waals surface area (Å²) in [6, 6.07) is 21.2. The van der Waals surface area contributed by atoms with Crippen LogP contribution in [0.5, 0.6) is 11.5 Å². The predicted octanol–water partition coefficient (Wildman–Crippen LogP) is 4.13. The second-order valence-corrected chi connectivity index (χ2v) is 6.39. The quantitative estimate of drug-likeness (QED) is 0.594. The topological polar surface area (TPSA) is 63.7 Å². The van der Waals surface area contributed by atoms with Crippen molar-refractivity contribution in [2.45, 2.75) is 13.5 Å². The van der Waals surface area contributed by atoms with Gasteiger partial charge in [-0.1, -0.05) is 42.5 Å². The highest BCUT2D eigenvalue weighted by Gasteiger charge is 2.09. The average molecular weight is 391 g/mol. The lowest BCUT2D eigenvalue weighted by Crippen LogP contribution is -2.23. The fraction of sp³-hybridized carbons (Fsp3) is 0.217. The summed E-state index contributed by atoms with van der Waals surface area (Å²) in [5.41, 5.74) is 2.24. The molecule has 0 bridgehead atoms. The zero-order chi connectivity index (χ0) is 20.5. The van der Waals surface area contributed by atoms with E-state index in [2.05, 4.69) is 34.3 Å². The molecule has 1 heterocycles. The number of anilines is 2. The molecule has 29 heavy (non-hydrogen) atoms. The van der Waals surface area contributed by atoms with E-state index >= 15 is 0 Å². The maximum Gasteiger partial charge on any atom is 0.263 e. The number of ether oxygens (including phenoxy) is 2. The van der Waals surface area contributed by atoms with Crippen LogP contribution in [-0.4, -0.2) is 31.2 Å². The van der Waals surface area contributed by atoms with Gasteiger partial charge in [0.2, 0.25) is 0 Å². The highest BCUT2D eigenvalue weighted by molar-refractivity contribution is 5.91.